The lowest BCUT2D eigenvalue weighted by molar-refractivity contribution is -0.135. The van der Waals surface area contributed by atoms with Crippen molar-refractivity contribution in [1.82, 2.24) is 10.2 Å². The van der Waals surface area contributed by atoms with Crippen molar-refractivity contribution in [3.63, 3.8) is 0 Å². The molecule has 1 aliphatic heterocycles. The molecule has 1 rings (SSSR count). The lowest BCUT2D eigenvalue weighted by Gasteiger charge is -2.32. The first-order chi connectivity index (χ1) is 9.83. The van der Waals surface area contributed by atoms with Gasteiger partial charge < -0.3 is 21.1 Å². The van der Waals surface area contributed by atoms with E-state index in [2.05, 4.69) is 5.32 Å². The molecule has 0 saturated carbocycles. The monoisotopic (exact) mass is 299 g/mol. The molecule has 0 aliphatic carbocycles. The van der Waals surface area contributed by atoms with Gasteiger partial charge in [0.25, 0.3) is 0 Å². The van der Waals surface area contributed by atoms with Gasteiger partial charge in [0.2, 0.25) is 11.8 Å². The quantitative estimate of drug-likeness (QED) is 0.587. The average molecular weight is 299 g/mol. The third-order valence-corrected chi connectivity index (χ3v) is 3.84. The molecular weight excluding hydrogens is 270 g/mol. The van der Waals surface area contributed by atoms with Gasteiger partial charge in [-0.3, -0.25) is 9.59 Å². The van der Waals surface area contributed by atoms with Gasteiger partial charge in [0, 0.05) is 44.1 Å². The predicted octanol–water partition coefficient (Wildman–Crippen LogP) is 0.241. The maximum Gasteiger partial charge on any atom is 0.223 e. The number of likely N-dealkylation sites (tertiary alicyclic amines) is 1. The Hall–Kier alpha value is -1.14. The van der Waals surface area contributed by atoms with E-state index in [-0.39, 0.29) is 29.9 Å². The standard InChI is InChI=1S/C15H29N3O3/c1-15(2,16)7-4-13(20)18-9-5-12(6-10-18)14(21)17-8-3-11-19/h12,19H,3-11,16H2,1-2H3,(H,17,21). The zero-order valence-corrected chi connectivity index (χ0v) is 13.2. The van der Waals surface area contributed by atoms with Gasteiger partial charge in [-0.15, -0.1) is 0 Å². The number of hydrogen-bond acceptors (Lipinski definition) is 4. The Morgan fingerprint density at radius 1 is 1.33 bits per heavy atom. The molecule has 2 amide bonds. The molecule has 1 aliphatic rings. The van der Waals surface area contributed by atoms with Gasteiger partial charge in [-0.1, -0.05) is 0 Å². The highest BCUT2D eigenvalue weighted by Gasteiger charge is 2.27. The van der Waals surface area contributed by atoms with E-state index in [1.54, 1.807) is 0 Å². The van der Waals surface area contributed by atoms with E-state index in [0.717, 1.165) is 0 Å². The molecule has 21 heavy (non-hydrogen) atoms. The molecule has 0 atom stereocenters. The van der Waals surface area contributed by atoms with Gasteiger partial charge in [-0.2, -0.15) is 0 Å². The molecule has 4 N–H and O–H groups in total. The van der Waals surface area contributed by atoms with Crippen molar-refractivity contribution in [2.75, 3.05) is 26.2 Å². The summed E-state index contributed by atoms with van der Waals surface area (Å²) in [5, 5.41) is 11.5. The maximum absolute atomic E-state index is 12.1. The number of carbonyl (C=O) groups excluding carboxylic acids is 2. The number of rotatable bonds is 7. The van der Waals surface area contributed by atoms with Gasteiger partial charge in [0.05, 0.1) is 0 Å². The third kappa shape index (κ3) is 6.91. The van der Waals surface area contributed by atoms with Crippen molar-refractivity contribution in [2.45, 2.75) is 51.5 Å². The summed E-state index contributed by atoms with van der Waals surface area (Å²) >= 11 is 0. The molecule has 1 saturated heterocycles. The van der Waals surface area contributed by atoms with Crippen molar-refractivity contribution in [3.8, 4) is 0 Å². The molecule has 6 nitrogen and oxygen atoms in total. The van der Waals surface area contributed by atoms with Gasteiger partial charge >= 0.3 is 0 Å². The smallest absolute Gasteiger partial charge is 0.223 e. The fraction of sp³-hybridized carbons (Fsp3) is 0.867. The molecule has 0 radical (unpaired) electrons. The summed E-state index contributed by atoms with van der Waals surface area (Å²) < 4.78 is 0. The Kier molecular flexibility index (Phi) is 7.11. The minimum absolute atomic E-state index is 0.0151. The number of nitrogens with one attached hydrogen (secondary N) is 1. The van der Waals surface area contributed by atoms with Crippen molar-refractivity contribution >= 4 is 11.8 Å². The van der Waals surface area contributed by atoms with Crippen molar-refractivity contribution in [1.29, 1.82) is 0 Å². The molecular formula is C15H29N3O3. The minimum Gasteiger partial charge on any atom is -0.396 e. The molecule has 0 aromatic carbocycles. The largest absolute Gasteiger partial charge is 0.396 e. The predicted molar refractivity (Wildman–Crippen MR) is 81.5 cm³/mol. The van der Waals surface area contributed by atoms with E-state index in [1.807, 2.05) is 18.7 Å². The van der Waals surface area contributed by atoms with E-state index in [4.69, 9.17) is 10.8 Å². The lowest BCUT2D eigenvalue weighted by Crippen LogP contribution is -2.44. The molecule has 0 aromatic rings. The molecule has 1 fully saturated rings. The number of amides is 2. The van der Waals surface area contributed by atoms with Crippen molar-refractivity contribution < 1.29 is 14.7 Å². The Morgan fingerprint density at radius 3 is 2.48 bits per heavy atom. The summed E-state index contributed by atoms with van der Waals surface area (Å²) in [6.07, 6.45) is 3.15. The van der Waals surface area contributed by atoms with Gasteiger partial charge in [0.1, 0.15) is 0 Å². The maximum atomic E-state index is 12.1. The normalized spacial score (nSPS) is 16.9. The number of hydrogen-bond donors (Lipinski definition) is 3. The van der Waals surface area contributed by atoms with Crippen LogP contribution in [-0.2, 0) is 9.59 Å². The Bertz CT molecular complexity index is 345. The zero-order chi connectivity index (χ0) is 15.9. The van der Waals surface area contributed by atoms with Crippen LogP contribution >= 0.6 is 0 Å². The first-order valence-corrected chi connectivity index (χ1v) is 7.79. The second-order valence-electron chi connectivity index (χ2n) is 6.51. The number of piperidine rings is 1. The topological polar surface area (TPSA) is 95.7 Å². The van der Waals surface area contributed by atoms with Crippen LogP contribution in [0.1, 0.15) is 46.0 Å². The molecule has 0 unspecified atom stereocenters. The van der Waals surface area contributed by atoms with Crippen LogP contribution in [0.4, 0.5) is 0 Å². The number of nitrogens with zero attached hydrogens (tertiary/aromatic N) is 1. The van der Waals surface area contributed by atoms with Gasteiger partial charge in [0.15, 0.2) is 0 Å². The number of aliphatic hydroxyl groups is 1. The first-order valence-electron chi connectivity index (χ1n) is 7.79. The fourth-order valence-electron chi connectivity index (χ4n) is 2.41. The summed E-state index contributed by atoms with van der Waals surface area (Å²) in [5.74, 6) is 0.157. The van der Waals surface area contributed by atoms with Crippen LogP contribution in [0.25, 0.3) is 0 Å². The van der Waals surface area contributed by atoms with Crippen LogP contribution in [0, 0.1) is 5.92 Å². The summed E-state index contributed by atoms with van der Waals surface area (Å²) in [6, 6.07) is 0. The van der Waals surface area contributed by atoms with Crippen molar-refractivity contribution in [3.05, 3.63) is 0 Å². The van der Waals surface area contributed by atoms with E-state index in [9.17, 15) is 9.59 Å². The van der Waals surface area contributed by atoms with Gasteiger partial charge in [-0.25, -0.2) is 0 Å². The first kappa shape index (κ1) is 17.9. The number of carbonyl (C=O) groups is 2. The zero-order valence-electron chi connectivity index (χ0n) is 13.2. The van der Waals surface area contributed by atoms with Crippen LogP contribution in [0.2, 0.25) is 0 Å². The molecule has 0 spiro atoms. The summed E-state index contributed by atoms with van der Waals surface area (Å²) in [6.45, 7) is 5.72. The summed E-state index contributed by atoms with van der Waals surface area (Å²) in [7, 11) is 0. The van der Waals surface area contributed by atoms with E-state index < -0.39 is 0 Å². The SMILES string of the molecule is CC(C)(N)CCC(=O)N1CCC(C(=O)NCCCO)CC1. The summed E-state index contributed by atoms with van der Waals surface area (Å²) in [4.78, 5) is 25.8. The third-order valence-electron chi connectivity index (χ3n) is 3.84. The van der Waals surface area contributed by atoms with Crippen LogP contribution in [0.15, 0.2) is 0 Å². The highest BCUT2D eigenvalue weighted by molar-refractivity contribution is 5.80. The minimum atomic E-state index is -0.319. The van der Waals surface area contributed by atoms with Crippen LogP contribution in [0.5, 0.6) is 0 Å². The van der Waals surface area contributed by atoms with Gasteiger partial charge in [-0.05, 0) is 39.5 Å². The Morgan fingerprint density at radius 2 is 1.95 bits per heavy atom. The fourth-order valence-corrected chi connectivity index (χ4v) is 2.41. The number of aliphatic hydroxyl groups excluding tert-OH is 1. The molecule has 0 bridgehead atoms. The highest BCUT2D eigenvalue weighted by atomic mass is 16.3. The number of nitrogens with two attached hydrogens (primary N) is 1. The second kappa shape index (κ2) is 8.34. The Balaban J connectivity index is 2.28. The van der Waals surface area contributed by atoms with E-state index in [1.165, 1.54) is 0 Å². The Labute approximate surface area is 127 Å². The van der Waals surface area contributed by atoms with Crippen LogP contribution in [-0.4, -0.2) is 53.6 Å². The molecule has 122 valence electrons. The highest BCUT2D eigenvalue weighted by Crippen LogP contribution is 2.19. The second-order valence-corrected chi connectivity index (χ2v) is 6.51. The average Bonchev–Trinajstić information content (AvgIpc) is 2.44. The van der Waals surface area contributed by atoms with Crippen LogP contribution in [0.3, 0.4) is 0 Å². The molecule has 6 heteroatoms. The summed E-state index contributed by atoms with van der Waals surface area (Å²) in [5.41, 5.74) is 5.57. The van der Waals surface area contributed by atoms with Crippen molar-refractivity contribution in [2.24, 2.45) is 11.7 Å². The van der Waals surface area contributed by atoms with E-state index >= 15 is 0 Å². The van der Waals surface area contributed by atoms with Crippen LogP contribution < -0.4 is 11.1 Å². The van der Waals surface area contributed by atoms with E-state index in [0.29, 0.717) is 51.7 Å². The molecule has 0 aromatic heterocycles. The molecule has 1 heterocycles. The lowest BCUT2D eigenvalue weighted by atomic mass is 9.94.